The molecule has 2 aromatic rings. The maximum absolute atomic E-state index is 11.7. The van der Waals surface area contributed by atoms with Gasteiger partial charge in [-0.3, -0.25) is 14.5 Å². The summed E-state index contributed by atoms with van der Waals surface area (Å²) in [7, 11) is -3.32. The third-order valence-corrected chi connectivity index (χ3v) is 3.07. The van der Waals surface area contributed by atoms with Crippen molar-refractivity contribution < 1.29 is 17.9 Å². The molecule has 6 nitrogen and oxygen atoms in total. The largest absolute Gasteiger partial charge is 0.426 e. The van der Waals surface area contributed by atoms with Crippen molar-refractivity contribution in [2.45, 2.75) is 6.42 Å². The topological polar surface area (TPSA) is 85.4 Å². The summed E-state index contributed by atoms with van der Waals surface area (Å²) in [6, 6.07) is 9.62. The second-order valence-electron chi connectivity index (χ2n) is 4.41. The second kappa shape index (κ2) is 6.36. The molecule has 110 valence electrons. The van der Waals surface area contributed by atoms with Crippen molar-refractivity contribution in [3.8, 4) is 5.75 Å². The van der Waals surface area contributed by atoms with Crippen molar-refractivity contribution in [1.82, 2.24) is 4.98 Å². The number of hydrogen-bond donors (Lipinski definition) is 1. The Morgan fingerprint density at radius 3 is 2.52 bits per heavy atom. The van der Waals surface area contributed by atoms with Crippen molar-refractivity contribution >= 4 is 21.7 Å². The highest BCUT2D eigenvalue weighted by molar-refractivity contribution is 7.92. The molecule has 2 rings (SSSR count). The van der Waals surface area contributed by atoms with E-state index in [0.717, 1.165) is 11.8 Å². The molecule has 1 aromatic carbocycles. The molecule has 0 saturated carbocycles. The number of carbonyl (C=O) groups is 1. The lowest BCUT2D eigenvalue weighted by Gasteiger charge is -2.06. The first-order chi connectivity index (χ1) is 9.92. The number of sulfonamides is 1. The fourth-order valence-corrected chi connectivity index (χ4v) is 2.21. The van der Waals surface area contributed by atoms with Crippen LogP contribution in [0.1, 0.15) is 5.56 Å². The Morgan fingerprint density at radius 1 is 1.24 bits per heavy atom. The van der Waals surface area contributed by atoms with Gasteiger partial charge in [0.1, 0.15) is 5.75 Å². The number of esters is 1. The molecule has 0 radical (unpaired) electrons. The summed E-state index contributed by atoms with van der Waals surface area (Å²) in [5, 5.41) is 0. The number of benzene rings is 1. The molecule has 0 spiro atoms. The molecule has 0 aliphatic heterocycles. The predicted molar refractivity (Wildman–Crippen MR) is 78.5 cm³/mol. The smallest absolute Gasteiger partial charge is 0.315 e. The van der Waals surface area contributed by atoms with Crippen molar-refractivity contribution in [1.29, 1.82) is 0 Å². The summed E-state index contributed by atoms with van der Waals surface area (Å²) in [4.78, 5) is 15.7. The van der Waals surface area contributed by atoms with E-state index in [2.05, 4.69) is 9.71 Å². The van der Waals surface area contributed by atoms with Crippen LogP contribution in [0.4, 0.5) is 5.69 Å². The van der Waals surface area contributed by atoms with E-state index < -0.39 is 16.0 Å². The molecule has 7 heteroatoms. The molecular formula is C14H14N2O4S. The highest BCUT2D eigenvalue weighted by Gasteiger charge is 2.07. The Hall–Kier alpha value is -2.41. The first kappa shape index (κ1) is 15.0. The number of nitrogens with one attached hydrogen (secondary N) is 1. The normalized spacial score (nSPS) is 10.9. The van der Waals surface area contributed by atoms with Crippen LogP contribution in [0.3, 0.4) is 0 Å². The minimum Gasteiger partial charge on any atom is -0.426 e. The quantitative estimate of drug-likeness (QED) is 0.670. The Kier molecular flexibility index (Phi) is 4.54. The van der Waals surface area contributed by atoms with E-state index in [0.29, 0.717) is 11.4 Å². The summed E-state index contributed by atoms with van der Waals surface area (Å²) < 4.78 is 29.6. The Labute approximate surface area is 122 Å². The number of aromatic nitrogens is 1. The van der Waals surface area contributed by atoms with Gasteiger partial charge < -0.3 is 4.74 Å². The average molecular weight is 306 g/mol. The van der Waals surface area contributed by atoms with E-state index in [4.69, 9.17) is 4.74 Å². The number of ether oxygens (including phenoxy) is 1. The molecule has 0 fully saturated rings. The average Bonchev–Trinajstić information content (AvgIpc) is 2.40. The molecule has 21 heavy (non-hydrogen) atoms. The Bertz CT molecular complexity index is 712. The van der Waals surface area contributed by atoms with Gasteiger partial charge >= 0.3 is 5.97 Å². The first-order valence-corrected chi connectivity index (χ1v) is 7.99. The van der Waals surface area contributed by atoms with Gasteiger partial charge in [0, 0.05) is 18.1 Å². The van der Waals surface area contributed by atoms with E-state index in [9.17, 15) is 13.2 Å². The Balaban J connectivity index is 1.95. The van der Waals surface area contributed by atoms with E-state index in [1.54, 1.807) is 24.5 Å². The summed E-state index contributed by atoms with van der Waals surface area (Å²) in [6.07, 6.45) is 4.41. The van der Waals surface area contributed by atoms with Gasteiger partial charge in [-0.2, -0.15) is 0 Å². The molecule has 0 saturated heterocycles. The number of anilines is 1. The second-order valence-corrected chi connectivity index (χ2v) is 6.16. The van der Waals surface area contributed by atoms with Gasteiger partial charge in [0.25, 0.3) is 0 Å². The lowest BCUT2D eigenvalue weighted by Crippen LogP contribution is -2.12. The molecule has 0 unspecified atom stereocenters. The van der Waals surface area contributed by atoms with E-state index >= 15 is 0 Å². The SMILES string of the molecule is CS(=O)(=O)Nc1ccc(OC(=O)Cc2cccnc2)cc1. The van der Waals surface area contributed by atoms with E-state index in [1.807, 2.05) is 0 Å². The van der Waals surface area contributed by atoms with Crippen LogP contribution in [0.25, 0.3) is 0 Å². The summed E-state index contributed by atoms with van der Waals surface area (Å²) in [6.45, 7) is 0. The van der Waals surface area contributed by atoms with Gasteiger partial charge in [-0.05, 0) is 35.9 Å². The monoisotopic (exact) mass is 306 g/mol. The summed E-state index contributed by atoms with van der Waals surface area (Å²) in [5.41, 5.74) is 1.17. The minimum atomic E-state index is -3.32. The van der Waals surface area contributed by atoms with Crippen LogP contribution in [0.5, 0.6) is 5.75 Å². The molecule has 1 heterocycles. The Morgan fingerprint density at radius 2 is 1.95 bits per heavy atom. The first-order valence-electron chi connectivity index (χ1n) is 6.10. The third kappa shape index (κ3) is 5.23. The maximum atomic E-state index is 11.7. The zero-order valence-electron chi connectivity index (χ0n) is 11.3. The molecule has 0 atom stereocenters. The van der Waals surface area contributed by atoms with Crippen LogP contribution >= 0.6 is 0 Å². The fraction of sp³-hybridized carbons (Fsp3) is 0.143. The summed E-state index contributed by atoms with van der Waals surface area (Å²) in [5.74, 6) is -0.0604. The van der Waals surface area contributed by atoms with Gasteiger partial charge in [-0.25, -0.2) is 8.42 Å². The fourth-order valence-electron chi connectivity index (χ4n) is 1.64. The molecule has 1 N–H and O–H groups in total. The van der Waals surface area contributed by atoms with E-state index in [-0.39, 0.29) is 6.42 Å². The van der Waals surface area contributed by atoms with Gasteiger partial charge in [-0.15, -0.1) is 0 Å². The van der Waals surface area contributed by atoms with Crippen LogP contribution in [0, 0.1) is 0 Å². The zero-order chi connectivity index (χ0) is 15.3. The molecule has 1 aromatic heterocycles. The van der Waals surface area contributed by atoms with Gasteiger partial charge in [0.05, 0.1) is 12.7 Å². The van der Waals surface area contributed by atoms with Crippen LogP contribution in [-0.4, -0.2) is 25.6 Å². The van der Waals surface area contributed by atoms with Crippen molar-refractivity contribution in [2.24, 2.45) is 0 Å². The predicted octanol–water partition coefficient (Wildman–Crippen LogP) is 1.60. The van der Waals surface area contributed by atoms with E-state index in [1.165, 1.54) is 24.3 Å². The van der Waals surface area contributed by atoms with Crippen LogP contribution in [0.2, 0.25) is 0 Å². The summed E-state index contributed by atoms with van der Waals surface area (Å²) >= 11 is 0. The van der Waals surface area contributed by atoms with Crippen molar-refractivity contribution in [2.75, 3.05) is 11.0 Å². The number of pyridine rings is 1. The third-order valence-electron chi connectivity index (χ3n) is 2.46. The number of hydrogen-bond acceptors (Lipinski definition) is 5. The molecule has 0 bridgehead atoms. The minimum absolute atomic E-state index is 0.122. The maximum Gasteiger partial charge on any atom is 0.315 e. The number of rotatable bonds is 5. The standard InChI is InChI=1S/C14H14N2O4S/c1-21(18,19)16-12-4-6-13(7-5-12)20-14(17)9-11-3-2-8-15-10-11/h2-8,10,16H,9H2,1H3. The molecular weight excluding hydrogens is 292 g/mol. The molecule has 0 amide bonds. The van der Waals surface area contributed by atoms with Crippen molar-refractivity contribution in [3.63, 3.8) is 0 Å². The number of carbonyl (C=O) groups excluding carboxylic acids is 1. The lowest BCUT2D eigenvalue weighted by atomic mass is 10.2. The highest BCUT2D eigenvalue weighted by Crippen LogP contribution is 2.17. The number of nitrogens with zero attached hydrogens (tertiary/aromatic N) is 1. The van der Waals surface area contributed by atoms with Crippen molar-refractivity contribution in [3.05, 3.63) is 54.4 Å². The van der Waals surface area contributed by atoms with Gasteiger partial charge in [-0.1, -0.05) is 6.07 Å². The van der Waals surface area contributed by atoms with Crippen LogP contribution in [0.15, 0.2) is 48.8 Å². The zero-order valence-corrected chi connectivity index (χ0v) is 12.1. The molecule has 0 aliphatic rings. The van der Waals surface area contributed by atoms with Crippen LogP contribution in [-0.2, 0) is 21.2 Å². The van der Waals surface area contributed by atoms with Gasteiger partial charge in [0.15, 0.2) is 0 Å². The van der Waals surface area contributed by atoms with Gasteiger partial charge in [0.2, 0.25) is 10.0 Å². The molecule has 0 aliphatic carbocycles. The van der Waals surface area contributed by atoms with Crippen LogP contribution < -0.4 is 9.46 Å². The lowest BCUT2D eigenvalue weighted by molar-refractivity contribution is -0.133. The highest BCUT2D eigenvalue weighted by atomic mass is 32.2.